The van der Waals surface area contributed by atoms with Crippen LogP contribution in [0.3, 0.4) is 0 Å². The van der Waals surface area contributed by atoms with Gasteiger partial charge in [-0.05, 0) is 24.7 Å². The molecule has 1 atom stereocenters. The second-order valence-corrected chi connectivity index (χ2v) is 5.89. The van der Waals surface area contributed by atoms with Crippen LogP contribution >= 0.6 is 0 Å². The molecular formula is C15H29N3O2. The Labute approximate surface area is 122 Å². The van der Waals surface area contributed by atoms with Gasteiger partial charge in [-0.15, -0.1) is 0 Å². The predicted octanol–water partition coefficient (Wildman–Crippen LogP) is 2.03. The largest absolute Gasteiger partial charge is 0.469 e. The van der Waals surface area contributed by atoms with Crippen molar-refractivity contribution in [3.63, 3.8) is 0 Å². The number of hydrogen-bond acceptors (Lipinski definition) is 3. The van der Waals surface area contributed by atoms with Crippen LogP contribution in [0.25, 0.3) is 0 Å². The number of aliphatic imine (C=N–C) groups is 1. The fraction of sp³-hybridized carbons (Fsp3) is 0.867. The molecule has 0 amide bonds. The molecule has 20 heavy (non-hydrogen) atoms. The minimum absolute atomic E-state index is 0.192. The lowest BCUT2D eigenvalue weighted by Crippen LogP contribution is -2.50. The van der Waals surface area contributed by atoms with Gasteiger partial charge in [0, 0.05) is 26.7 Å². The van der Waals surface area contributed by atoms with Gasteiger partial charge in [0.1, 0.15) is 0 Å². The van der Waals surface area contributed by atoms with Crippen LogP contribution in [-0.2, 0) is 9.53 Å². The summed E-state index contributed by atoms with van der Waals surface area (Å²) in [6.07, 6.45) is 5.33. The summed E-state index contributed by atoms with van der Waals surface area (Å²) in [6.45, 7) is 7.26. The van der Waals surface area contributed by atoms with Gasteiger partial charge in [0.2, 0.25) is 0 Å². The summed E-state index contributed by atoms with van der Waals surface area (Å²) in [5, 5.41) is 3.26. The van der Waals surface area contributed by atoms with Crippen LogP contribution in [0.5, 0.6) is 0 Å². The summed E-state index contributed by atoms with van der Waals surface area (Å²) in [4.78, 5) is 17.8. The van der Waals surface area contributed by atoms with E-state index >= 15 is 0 Å². The third-order valence-corrected chi connectivity index (χ3v) is 3.99. The highest BCUT2D eigenvalue weighted by Crippen LogP contribution is 2.33. The number of hydrogen-bond donors (Lipinski definition) is 1. The Hall–Kier alpha value is -1.26. The number of methoxy groups -OCH3 is 1. The second-order valence-electron chi connectivity index (χ2n) is 5.89. The summed E-state index contributed by atoms with van der Waals surface area (Å²) in [6, 6.07) is 0. The summed E-state index contributed by atoms with van der Waals surface area (Å²) in [5.74, 6) is 0.707. The van der Waals surface area contributed by atoms with Crippen molar-refractivity contribution in [1.29, 1.82) is 0 Å². The summed E-state index contributed by atoms with van der Waals surface area (Å²) >= 11 is 0. The Balaban J connectivity index is 2.50. The summed E-state index contributed by atoms with van der Waals surface area (Å²) in [5.41, 5.74) is 0.382. The molecule has 0 aromatic heterocycles. The first-order chi connectivity index (χ1) is 9.54. The van der Waals surface area contributed by atoms with Crippen molar-refractivity contribution in [2.45, 2.75) is 46.0 Å². The van der Waals surface area contributed by atoms with Crippen molar-refractivity contribution < 1.29 is 9.53 Å². The lowest BCUT2D eigenvalue weighted by atomic mass is 9.78. The predicted molar refractivity (Wildman–Crippen MR) is 81.8 cm³/mol. The molecule has 1 fully saturated rings. The molecule has 1 N–H and O–H groups in total. The van der Waals surface area contributed by atoms with E-state index in [0.717, 1.165) is 19.0 Å². The Morgan fingerprint density at radius 1 is 1.50 bits per heavy atom. The number of guanidine groups is 1. The minimum Gasteiger partial charge on any atom is -0.469 e. The quantitative estimate of drug-likeness (QED) is 0.476. The van der Waals surface area contributed by atoms with Gasteiger partial charge in [0.25, 0.3) is 0 Å². The van der Waals surface area contributed by atoms with Crippen LogP contribution in [0.2, 0.25) is 0 Å². The fourth-order valence-electron chi connectivity index (χ4n) is 3.01. The van der Waals surface area contributed by atoms with Crippen LogP contribution in [0.15, 0.2) is 4.99 Å². The van der Waals surface area contributed by atoms with Crippen LogP contribution in [-0.4, -0.2) is 50.6 Å². The van der Waals surface area contributed by atoms with Crippen LogP contribution in [0, 0.1) is 5.41 Å². The van der Waals surface area contributed by atoms with E-state index < -0.39 is 0 Å². The van der Waals surface area contributed by atoms with Gasteiger partial charge in [-0.2, -0.15) is 0 Å². The fourth-order valence-corrected chi connectivity index (χ4v) is 3.01. The molecule has 1 aliphatic rings. The zero-order chi connectivity index (χ0) is 15.0. The second kappa shape index (κ2) is 8.12. The number of carbonyl (C=O) groups is 1. The Bertz CT molecular complexity index is 340. The molecular weight excluding hydrogens is 254 g/mol. The molecule has 5 nitrogen and oxygen atoms in total. The lowest BCUT2D eigenvalue weighted by Gasteiger charge is -2.42. The Kier molecular flexibility index (Phi) is 6.82. The number of likely N-dealkylation sites (tertiary alicyclic amines) is 1. The standard InChI is InChI=1S/C15H29N3O2/c1-5-8-15(2)9-6-11-18(12-15)14(16-3)17-10-7-13(19)20-4/h5-12H2,1-4H3,(H,16,17). The monoisotopic (exact) mass is 283 g/mol. The highest BCUT2D eigenvalue weighted by atomic mass is 16.5. The zero-order valence-corrected chi connectivity index (χ0v) is 13.4. The zero-order valence-electron chi connectivity index (χ0n) is 13.4. The molecule has 116 valence electrons. The molecule has 1 aliphatic heterocycles. The van der Waals surface area contributed by atoms with E-state index in [0.29, 0.717) is 18.4 Å². The SMILES string of the molecule is CCCC1(C)CCCN(C(=NC)NCCC(=O)OC)C1. The van der Waals surface area contributed by atoms with E-state index in [1.54, 1.807) is 7.05 Å². The van der Waals surface area contributed by atoms with E-state index in [2.05, 4.69) is 33.8 Å². The van der Waals surface area contributed by atoms with Crippen molar-refractivity contribution in [1.82, 2.24) is 10.2 Å². The Morgan fingerprint density at radius 3 is 2.85 bits per heavy atom. The van der Waals surface area contributed by atoms with Crippen molar-refractivity contribution in [2.75, 3.05) is 33.8 Å². The van der Waals surface area contributed by atoms with Gasteiger partial charge in [-0.25, -0.2) is 0 Å². The molecule has 0 spiro atoms. The lowest BCUT2D eigenvalue weighted by molar-refractivity contribution is -0.140. The molecule has 1 unspecified atom stereocenters. The van der Waals surface area contributed by atoms with Crippen LogP contribution < -0.4 is 5.32 Å². The average molecular weight is 283 g/mol. The van der Waals surface area contributed by atoms with Crippen molar-refractivity contribution in [2.24, 2.45) is 10.4 Å². The van der Waals surface area contributed by atoms with E-state index in [1.807, 2.05) is 0 Å². The summed E-state index contributed by atoms with van der Waals surface area (Å²) < 4.78 is 4.64. The smallest absolute Gasteiger partial charge is 0.307 e. The minimum atomic E-state index is -0.192. The molecule has 0 aromatic rings. The van der Waals surface area contributed by atoms with E-state index in [4.69, 9.17) is 0 Å². The number of carbonyl (C=O) groups excluding carboxylic acids is 1. The first-order valence-electron chi connectivity index (χ1n) is 7.57. The maximum absolute atomic E-state index is 11.1. The van der Waals surface area contributed by atoms with E-state index in [9.17, 15) is 4.79 Å². The van der Waals surface area contributed by atoms with Gasteiger partial charge < -0.3 is 15.0 Å². The number of rotatable bonds is 5. The van der Waals surface area contributed by atoms with Gasteiger partial charge in [0.05, 0.1) is 13.5 Å². The number of ether oxygens (including phenoxy) is 1. The number of nitrogens with one attached hydrogen (secondary N) is 1. The topological polar surface area (TPSA) is 53.9 Å². The molecule has 5 heteroatoms. The molecule has 0 aromatic carbocycles. The van der Waals surface area contributed by atoms with E-state index in [-0.39, 0.29) is 5.97 Å². The molecule has 0 saturated carbocycles. The van der Waals surface area contributed by atoms with Crippen LogP contribution in [0.4, 0.5) is 0 Å². The third-order valence-electron chi connectivity index (χ3n) is 3.99. The van der Waals surface area contributed by atoms with Gasteiger partial charge in [-0.3, -0.25) is 9.79 Å². The number of piperidine rings is 1. The molecule has 1 rings (SSSR count). The Morgan fingerprint density at radius 2 is 2.25 bits per heavy atom. The van der Waals surface area contributed by atoms with Gasteiger partial charge >= 0.3 is 5.97 Å². The molecule has 1 heterocycles. The van der Waals surface area contributed by atoms with E-state index in [1.165, 1.54) is 32.8 Å². The molecule has 0 aliphatic carbocycles. The average Bonchev–Trinajstić information content (AvgIpc) is 2.43. The number of nitrogens with zero attached hydrogens (tertiary/aromatic N) is 2. The van der Waals surface area contributed by atoms with Crippen molar-refractivity contribution in [3.8, 4) is 0 Å². The normalized spacial score (nSPS) is 23.6. The van der Waals surface area contributed by atoms with Gasteiger partial charge in [-0.1, -0.05) is 20.3 Å². The molecule has 0 bridgehead atoms. The molecule has 0 radical (unpaired) electrons. The van der Waals surface area contributed by atoms with Gasteiger partial charge in [0.15, 0.2) is 5.96 Å². The maximum atomic E-state index is 11.1. The first kappa shape index (κ1) is 16.8. The molecule has 1 saturated heterocycles. The summed E-state index contributed by atoms with van der Waals surface area (Å²) in [7, 11) is 3.21. The van der Waals surface area contributed by atoms with Crippen molar-refractivity contribution in [3.05, 3.63) is 0 Å². The number of esters is 1. The van der Waals surface area contributed by atoms with Crippen LogP contribution in [0.1, 0.15) is 46.0 Å². The highest BCUT2D eigenvalue weighted by Gasteiger charge is 2.31. The van der Waals surface area contributed by atoms with Crippen molar-refractivity contribution >= 4 is 11.9 Å². The maximum Gasteiger partial charge on any atom is 0.307 e. The highest BCUT2D eigenvalue weighted by molar-refractivity contribution is 5.80. The third kappa shape index (κ3) is 5.02. The first-order valence-corrected chi connectivity index (χ1v) is 7.57.